The summed E-state index contributed by atoms with van der Waals surface area (Å²) >= 11 is 0. The number of hydrogen-bond donors (Lipinski definition) is 0. The Morgan fingerprint density at radius 3 is 2.22 bits per heavy atom. The van der Waals surface area contributed by atoms with Crippen LogP contribution in [0.3, 0.4) is 0 Å². The lowest BCUT2D eigenvalue weighted by atomic mass is 10.2. The van der Waals surface area contributed by atoms with Gasteiger partial charge in [-0.2, -0.15) is 8.42 Å². The Bertz CT molecular complexity index is 956. The fraction of sp³-hybridized carbons (Fsp3) is 0.150. The third-order valence-corrected chi connectivity index (χ3v) is 4.91. The topological polar surface area (TPSA) is 74.7 Å². The van der Waals surface area contributed by atoms with E-state index in [-0.39, 0.29) is 18.1 Å². The number of ether oxygens (including phenoxy) is 2. The largest absolute Gasteiger partial charge is 0.491 e. The normalized spacial score (nSPS) is 11.1. The second kappa shape index (κ2) is 8.66. The van der Waals surface area contributed by atoms with Crippen LogP contribution in [0.15, 0.2) is 77.8 Å². The summed E-state index contributed by atoms with van der Waals surface area (Å²) in [5, 5.41) is 0. The predicted octanol–water partition coefficient (Wildman–Crippen LogP) is 3.97. The van der Waals surface area contributed by atoms with Crippen LogP contribution in [0, 0.1) is 6.92 Å². The molecule has 0 spiro atoms. The number of pyridine rings is 1. The highest BCUT2D eigenvalue weighted by Gasteiger charge is 2.14. The van der Waals surface area contributed by atoms with E-state index in [4.69, 9.17) is 13.7 Å². The van der Waals surface area contributed by atoms with E-state index in [2.05, 4.69) is 4.98 Å². The van der Waals surface area contributed by atoms with Gasteiger partial charge in [0.15, 0.2) is 0 Å². The minimum Gasteiger partial charge on any atom is -0.491 e. The average molecular weight is 385 g/mol. The number of hydrogen-bond acceptors (Lipinski definition) is 6. The van der Waals surface area contributed by atoms with Crippen LogP contribution in [0.5, 0.6) is 17.4 Å². The van der Waals surface area contributed by atoms with Gasteiger partial charge in [0.25, 0.3) is 10.1 Å². The maximum absolute atomic E-state index is 12.1. The molecule has 1 aromatic heterocycles. The SMILES string of the molecule is Cc1ccc(S(=O)(=O)OCCOc2ccc(Oc3ccccn3)cc2)cc1. The van der Waals surface area contributed by atoms with Gasteiger partial charge >= 0.3 is 0 Å². The van der Waals surface area contributed by atoms with Crippen molar-refractivity contribution < 1.29 is 22.1 Å². The van der Waals surface area contributed by atoms with Crippen molar-refractivity contribution in [2.24, 2.45) is 0 Å². The molecule has 3 rings (SSSR count). The molecule has 1 heterocycles. The second-order valence-electron chi connectivity index (χ2n) is 5.68. The molecule has 0 aliphatic heterocycles. The number of nitrogens with zero attached hydrogens (tertiary/aromatic N) is 1. The van der Waals surface area contributed by atoms with Gasteiger partial charge < -0.3 is 9.47 Å². The van der Waals surface area contributed by atoms with Crippen molar-refractivity contribution in [2.45, 2.75) is 11.8 Å². The van der Waals surface area contributed by atoms with Gasteiger partial charge in [0.1, 0.15) is 24.7 Å². The zero-order valence-corrected chi connectivity index (χ0v) is 15.6. The summed E-state index contributed by atoms with van der Waals surface area (Å²) < 4.78 is 40.2. The Hall–Kier alpha value is -2.90. The van der Waals surface area contributed by atoms with E-state index in [0.29, 0.717) is 17.4 Å². The third-order valence-electron chi connectivity index (χ3n) is 3.58. The molecule has 0 fully saturated rings. The Balaban J connectivity index is 1.47. The minimum atomic E-state index is -3.78. The Kier molecular flexibility index (Phi) is 6.05. The van der Waals surface area contributed by atoms with Gasteiger partial charge in [0.2, 0.25) is 5.88 Å². The number of aryl methyl sites for hydroxylation is 1. The van der Waals surface area contributed by atoms with Gasteiger partial charge in [-0.1, -0.05) is 23.8 Å². The van der Waals surface area contributed by atoms with Crippen LogP contribution < -0.4 is 9.47 Å². The van der Waals surface area contributed by atoms with Gasteiger partial charge in [0, 0.05) is 12.3 Å². The van der Waals surface area contributed by atoms with Gasteiger partial charge in [0.05, 0.1) is 4.90 Å². The highest BCUT2D eigenvalue weighted by molar-refractivity contribution is 7.86. The van der Waals surface area contributed by atoms with Crippen molar-refractivity contribution in [3.8, 4) is 17.4 Å². The van der Waals surface area contributed by atoms with E-state index in [0.717, 1.165) is 5.56 Å². The van der Waals surface area contributed by atoms with Crippen molar-refractivity contribution in [2.75, 3.05) is 13.2 Å². The molecule has 0 aliphatic rings. The quantitative estimate of drug-likeness (QED) is 0.431. The molecule has 0 atom stereocenters. The van der Waals surface area contributed by atoms with E-state index < -0.39 is 10.1 Å². The lowest BCUT2D eigenvalue weighted by Gasteiger charge is -2.09. The summed E-state index contributed by atoms with van der Waals surface area (Å²) in [7, 11) is -3.78. The molecule has 27 heavy (non-hydrogen) atoms. The Morgan fingerprint density at radius 1 is 0.852 bits per heavy atom. The third kappa shape index (κ3) is 5.54. The summed E-state index contributed by atoms with van der Waals surface area (Å²) in [5.41, 5.74) is 0.979. The van der Waals surface area contributed by atoms with Crippen molar-refractivity contribution in [1.82, 2.24) is 4.98 Å². The van der Waals surface area contributed by atoms with E-state index in [1.165, 1.54) is 12.1 Å². The lowest BCUT2D eigenvalue weighted by Crippen LogP contribution is -2.13. The fourth-order valence-electron chi connectivity index (χ4n) is 2.21. The molecule has 0 radical (unpaired) electrons. The van der Waals surface area contributed by atoms with Crippen LogP contribution >= 0.6 is 0 Å². The van der Waals surface area contributed by atoms with Gasteiger partial charge in [-0.3, -0.25) is 4.18 Å². The molecule has 7 heteroatoms. The molecule has 0 amide bonds. The van der Waals surface area contributed by atoms with Crippen molar-refractivity contribution in [3.05, 3.63) is 78.5 Å². The van der Waals surface area contributed by atoms with E-state index in [1.807, 2.05) is 19.1 Å². The molecular weight excluding hydrogens is 366 g/mol. The van der Waals surface area contributed by atoms with Crippen molar-refractivity contribution in [3.63, 3.8) is 0 Å². The van der Waals surface area contributed by atoms with Crippen LogP contribution in [-0.4, -0.2) is 26.6 Å². The summed E-state index contributed by atoms with van der Waals surface area (Å²) in [6.45, 7) is 1.91. The van der Waals surface area contributed by atoms with Crippen LogP contribution in [-0.2, 0) is 14.3 Å². The minimum absolute atomic E-state index is 0.0810. The summed E-state index contributed by atoms with van der Waals surface area (Å²) in [6, 6.07) is 18.8. The molecule has 0 saturated carbocycles. The number of rotatable bonds is 8. The first-order valence-corrected chi connectivity index (χ1v) is 9.72. The Labute approximate surface area is 158 Å². The highest BCUT2D eigenvalue weighted by atomic mass is 32.2. The van der Waals surface area contributed by atoms with E-state index >= 15 is 0 Å². The monoisotopic (exact) mass is 385 g/mol. The maximum atomic E-state index is 12.1. The summed E-state index contributed by atoms with van der Waals surface area (Å²) in [6.07, 6.45) is 1.65. The molecule has 3 aromatic rings. The van der Waals surface area contributed by atoms with Gasteiger partial charge in [-0.05, 0) is 49.4 Å². The average Bonchev–Trinajstić information content (AvgIpc) is 2.68. The Morgan fingerprint density at radius 2 is 1.56 bits per heavy atom. The molecule has 2 aromatic carbocycles. The van der Waals surface area contributed by atoms with Crippen LogP contribution in [0.2, 0.25) is 0 Å². The van der Waals surface area contributed by atoms with Gasteiger partial charge in [-0.25, -0.2) is 4.98 Å². The first kappa shape index (κ1) is 18.9. The molecular formula is C20H19NO5S. The molecule has 0 unspecified atom stereocenters. The van der Waals surface area contributed by atoms with Crippen LogP contribution in [0.4, 0.5) is 0 Å². The predicted molar refractivity (Wildman–Crippen MR) is 101 cm³/mol. The number of benzene rings is 2. The van der Waals surface area contributed by atoms with Crippen LogP contribution in [0.25, 0.3) is 0 Å². The zero-order chi connectivity index (χ0) is 19.1. The molecule has 0 N–H and O–H groups in total. The molecule has 0 bridgehead atoms. The smallest absolute Gasteiger partial charge is 0.297 e. The van der Waals surface area contributed by atoms with Crippen molar-refractivity contribution >= 4 is 10.1 Å². The standard InChI is InChI=1S/C20H19NO5S/c1-16-5-11-19(12-6-16)27(22,23)25-15-14-24-17-7-9-18(10-8-17)26-20-4-2-3-13-21-20/h2-13H,14-15H2,1H3. The van der Waals surface area contributed by atoms with Crippen LogP contribution in [0.1, 0.15) is 5.56 Å². The lowest BCUT2D eigenvalue weighted by molar-refractivity contribution is 0.221. The highest BCUT2D eigenvalue weighted by Crippen LogP contribution is 2.22. The first-order chi connectivity index (χ1) is 13.0. The number of aromatic nitrogens is 1. The fourth-order valence-corrected chi connectivity index (χ4v) is 3.10. The summed E-state index contributed by atoms with van der Waals surface area (Å²) in [5.74, 6) is 1.71. The van der Waals surface area contributed by atoms with E-state index in [9.17, 15) is 8.42 Å². The molecule has 0 saturated heterocycles. The van der Waals surface area contributed by atoms with E-state index in [1.54, 1.807) is 48.7 Å². The maximum Gasteiger partial charge on any atom is 0.297 e. The summed E-state index contributed by atoms with van der Waals surface area (Å²) in [4.78, 5) is 4.21. The second-order valence-corrected chi connectivity index (χ2v) is 7.29. The molecule has 0 aliphatic carbocycles. The zero-order valence-electron chi connectivity index (χ0n) is 14.7. The molecule has 6 nitrogen and oxygen atoms in total. The first-order valence-electron chi connectivity index (χ1n) is 8.31. The van der Waals surface area contributed by atoms with Gasteiger partial charge in [-0.15, -0.1) is 0 Å². The van der Waals surface area contributed by atoms with Crippen molar-refractivity contribution in [1.29, 1.82) is 0 Å². The molecule has 140 valence electrons.